The van der Waals surface area contributed by atoms with Crippen molar-refractivity contribution in [3.63, 3.8) is 0 Å². The monoisotopic (exact) mass is 473 g/mol. The van der Waals surface area contributed by atoms with Gasteiger partial charge in [-0.25, -0.2) is 0 Å². The predicted molar refractivity (Wildman–Crippen MR) is 113 cm³/mol. The molecule has 0 saturated carbocycles. The fourth-order valence-corrected chi connectivity index (χ4v) is 2.54. The van der Waals surface area contributed by atoms with E-state index in [0.29, 0.717) is 30.8 Å². The van der Waals surface area contributed by atoms with Gasteiger partial charge >= 0.3 is 0 Å². The third-order valence-corrected chi connectivity index (χ3v) is 3.90. The minimum absolute atomic E-state index is 0. The fraction of sp³-hybridized carbons (Fsp3) is 0.500. The second kappa shape index (κ2) is 11.1. The summed E-state index contributed by atoms with van der Waals surface area (Å²) in [6.45, 7) is 9.04. The number of hydrogen-bond donors (Lipinski definition) is 2. The second-order valence-electron chi connectivity index (χ2n) is 5.79. The number of benzene rings is 1. The molecular weight excluding hydrogens is 445 g/mol. The lowest BCUT2D eigenvalue weighted by Gasteiger charge is -2.19. The van der Waals surface area contributed by atoms with Crippen LogP contribution in [-0.4, -0.2) is 29.8 Å². The molecule has 2 aromatic rings. The summed E-state index contributed by atoms with van der Waals surface area (Å²) < 4.78 is 10.7. The molecule has 0 aliphatic heterocycles. The summed E-state index contributed by atoms with van der Waals surface area (Å²) in [5.41, 5.74) is 2.47. The molecule has 0 spiro atoms. The van der Waals surface area contributed by atoms with Gasteiger partial charge in [0.05, 0.1) is 12.6 Å². The first-order valence-electron chi connectivity index (χ1n) is 8.52. The minimum atomic E-state index is -0.180. The molecular formula is C18H28IN5O2. The van der Waals surface area contributed by atoms with E-state index in [0.717, 1.165) is 0 Å². The van der Waals surface area contributed by atoms with E-state index < -0.39 is 0 Å². The molecule has 8 heteroatoms. The van der Waals surface area contributed by atoms with E-state index in [1.807, 2.05) is 26.0 Å². The molecule has 0 saturated heterocycles. The molecule has 0 radical (unpaired) electrons. The van der Waals surface area contributed by atoms with Crippen molar-refractivity contribution in [1.29, 1.82) is 0 Å². The van der Waals surface area contributed by atoms with Gasteiger partial charge in [0.1, 0.15) is 6.10 Å². The molecule has 0 bridgehead atoms. The van der Waals surface area contributed by atoms with Crippen LogP contribution in [0.2, 0.25) is 0 Å². The van der Waals surface area contributed by atoms with Gasteiger partial charge in [-0.1, -0.05) is 29.4 Å². The minimum Gasteiger partial charge on any atom is -0.371 e. The summed E-state index contributed by atoms with van der Waals surface area (Å²) in [4.78, 5) is 8.59. The van der Waals surface area contributed by atoms with E-state index in [1.54, 1.807) is 7.05 Å². The molecule has 7 nitrogen and oxygen atoms in total. The molecule has 1 aromatic heterocycles. The molecule has 144 valence electrons. The van der Waals surface area contributed by atoms with Crippen molar-refractivity contribution in [3.8, 4) is 0 Å². The van der Waals surface area contributed by atoms with Crippen LogP contribution in [0.3, 0.4) is 0 Å². The number of guanidine groups is 1. The van der Waals surface area contributed by atoms with Crippen molar-refractivity contribution >= 4 is 29.9 Å². The predicted octanol–water partition coefficient (Wildman–Crippen LogP) is 3.52. The number of ether oxygens (including phenoxy) is 1. The van der Waals surface area contributed by atoms with Crippen LogP contribution in [-0.2, 0) is 11.3 Å². The topological polar surface area (TPSA) is 84.6 Å². The van der Waals surface area contributed by atoms with Gasteiger partial charge in [0, 0.05) is 13.7 Å². The van der Waals surface area contributed by atoms with Crippen LogP contribution in [0.15, 0.2) is 33.8 Å². The highest BCUT2D eigenvalue weighted by molar-refractivity contribution is 14.0. The van der Waals surface area contributed by atoms with Crippen molar-refractivity contribution in [1.82, 2.24) is 20.8 Å². The number of aliphatic imine (C=N–C) groups is 1. The van der Waals surface area contributed by atoms with Crippen LogP contribution >= 0.6 is 24.0 Å². The van der Waals surface area contributed by atoms with E-state index in [4.69, 9.17) is 9.26 Å². The first-order chi connectivity index (χ1) is 12.0. The lowest BCUT2D eigenvalue weighted by Crippen LogP contribution is -2.38. The Kier molecular flexibility index (Phi) is 9.57. The highest BCUT2D eigenvalue weighted by atomic mass is 127. The van der Waals surface area contributed by atoms with Gasteiger partial charge in [-0.3, -0.25) is 4.99 Å². The van der Waals surface area contributed by atoms with Gasteiger partial charge in [-0.15, -0.1) is 24.0 Å². The van der Waals surface area contributed by atoms with E-state index in [1.165, 1.54) is 11.1 Å². The van der Waals surface area contributed by atoms with Crippen molar-refractivity contribution in [3.05, 3.63) is 47.1 Å². The molecule has 2 N–H and O–H groups in total. The summed E-state index contributed by atoms with van der Waals surface area (Å²) in [5, 5.41) is 10.5. The molecule has 0 aliphatic rings. The standard InChI is InChI=1S/C18H27N5O2.HI/c1-6-24-14(4)17-22-16(25-23-17)11-20-18(19-5)21-13(3)15-10-8-7-9-12(15)2;/h7-10,13-14H,6,11H2,1-5H3,(H2,19,20,21);1H. The number of hydrogen-bond acceptors (Lipinski definition) is 5. The number of nitrogens with zero attached hydrogens (tertiary/aromatic N) is 3. The van der Waals surface area contributed by atoms with Crippen LogP contribution in [0.1, 0.15) is 55.8 Å². The molecule has 2 atom stereocenters. The van der Waals surface area contributed by atoms with Gasteiger partial charge in [0.15, 0.2) is 11.8 Å². The van der Waals surface area contributed by atoms with Gasteiger partial charge < -0.3 is 19.9 Å². The lowest BCUT2D eigenvalue weighted by atomic mass is 10.0. The molecule has 26 heavy (non-hydrogen) atoms. The number of aromatic nitrogens is 2. The van der Waals surface area contributed by atoms with Gasteiger partial charge in [0.2, 0.25) is 5.89 Å². The Bertz CT molecular complexity index is 704. The Morgan fingerprint density at radius 1 is 1.31 bits per heavy atom. The third-order valence-electron chi connectivity index (χ3n) is 3.90. The second-order valence-corrected chi connectivity index (χ2v) is 5.79. The Hall–Kier alpha value is -1.68. The van der Waals surface area contributed by atoms with Crippen LogP contribution in [0.25, 0.3) is 0 Å². The highest BCUT2D eigenvalue weighted by Gasteiger charge is 2.14. The zero-order valence-electron chi connectivity index (χ0n) is 15.9. The third kappa shape index (κ3) is 6.24. The van der Waals surface area contributed by atoms with Gasteiger partial charge in [-0.2, -0.15) is 4.98 Å². The Labute approximate surface area is 172 Å². The average Bonchev–Trinajstić information content (AvgIpc) is 3.08. The zero-order valence-corrected chi connectivity index (χ0v) is 18.3. The molecule has 2 rings (SSSR count). The quantitative estimate of drug-likeness (QED) is 0.364. The molecule has 1 aromatic carbocycles. The normalized spacial score (nSPS) is 13.7. The molecule has 2 unspecified atom stereocenters. The maximum Gasteiger partial charge on any atom is 0.246 e. The number of halogens is 1. The number of nitrogens with one attached hydrogen (secondary N) is 2. The first-order valence-corrected chi connectivity index (χ1v) is 8.52. The molecule has 0 aliphatic carbocycles. The molecule has 0 fully saturated rings. The van der Waals surface area contributed by atoms with Crippen LogP contribution in [0, 0.1) is 6.92 Å². The average molecular weight is 473 g/mol. The van der Waals surface area contributed by atoms with E-state index in [-0.39, 0.29) is 36.1 Å². The van der Waals surface area contributed by atoms with Gasteiger partial charge in [0.25, 0.3) is 0 Å². The Morgan fingerprint density at radius 2 is 2.04 bits per heavy atom. The summed E-state index contributed by atoms with van der Waals surface area (Å²) in [5.74, 6) is 1.72. The van der Waals surface area contributed by atoms with Crippen molar-refractivity contribution in [2.24, 2.45) is 4.99 Å². The van der Waals surface area contributed by atoms with E-state index >= 15 is 0 Å². The largest absolute Gasteiger partial charge is 0.371 e. The summed E-state index contributed by atoms with van der Waals surface area (Å²) in [6, 6.07) is 8.41. The van der Waals surface area contributed by atoms with Crippen molar-refractivity contribution in [2.75, 3.05) is 13.7 Å². The molecule has 1 heterocycles. The van der Waals surface area contributed by atoms with Crippen LogP contribution < -0.4 is 10.6 Å². The number of rotatable bonds is 7. The van der Waals surface area contributed by atoms with Crippen LogP contribution in [0.5, 0.6) is 0 Å². The molecule has 0 amide bonds. The Morgan fingerprint density at radius 3 is 2.69 bits per heavy atom. The smallest absolute Gasteiger partial charge is 0.246 e. The number of aryl methyl sites for hydroxylation is 1. The van der Waals surface area contributed by atoms with Gasteiger partial charge in [-0.05, 0) is 38.8 Å². The summed E-state index contributed by atoms with van der Waals surface area (Å²) in [7, 11) is 1.73. The SMILES string of the molecule is CCOC(C)c1noc(CNC(=NC)NC(C)c2ccccc2C)n1.I. The zero-order chi connectivity index (χ0) is 18.2. The van der Waals surface area contributed by atoms with Crippen molar-refractivity contribution < 1.29 is 9.26 Å². The highest BCUT2D eigenvalue weighted by Crippen LogP contribution is 2.16. The maximum atomic E-state index is 5.46. The summed E-state index contributed by atoms with van der Waals surface area (Å²) in [6.07, 6.45) is -0.180. The first kappa shape index (κ1) is 22.4. The van der Waals surface area contributed by atoms with Crippen LogP contribution in [0.4, 0.5) is 0 Å². The lowest BCUT2D eigenvalue weighted by molar-refractivity contribution is 0.0683. The Balaban J connectivity index is 0.00000338. The summed E-state index contributed by atoms with van der Waals surface area (Å²) >= 11 is 0. The van der Waals surface area contributed by atoms with E-state index in [2.05, 4.69) is 51.7 Å². The fourth-order valence-electron chi connectivity index (χ4n) is 2.54. The maximum absolute atomic E-state index is 5.46. The van der Waals surface area contributed by atoms with Crippen molar-refractivity contribution in [2.45, 2.75) is 46.4 Å². The van der Waals surface area contributed by atoms with E-state index in [9.17, 15) is 0 Å².